The van der Waals surface area contributed by atoms with E-state index in [4.69, 9.17) is 5.73 Å². The fourth-order valence-electron chi connectivity index (χ4n) is 2.06. The second-order valence-corrected chi connectivity index (χ2v) is 4.98. The lowest BCUT2D eigenvalue weighted by Gasteiger charge is -2.09. The van der Waals surface area contributed by atoms with Crippen LogP contribution in [0.3, 0.4) is 0 Å². The van der Waals surface area contributed by atoms with Gasteiger partial charge in [-0.25, -0.2) is 9.07 Å². The van der Waals surface area contributed by atoms with Crippen molar-refractivity contribution in [1.29, 1.82) is 0 Å². The molecular weight excluding hydrogens is 309 g/mol. The van der Waals surface area contributed by atoms with Crippen LogP contribution in [0.1, 0.15) is 5.56 Å². The molecule has 19 heavy (non-hydrogen) atoms. The quantitative estimate of drug-likeness (QED) is 0.787. The van der Waals surface area contributed by atoms with Crippen LogP contribution in [0.5, 0.6) is 0 Å². The first kappa shape index (κ1) is 12.3. The molecule has 0 aliphatic rings. The van der Waals surface area contributed by atoms with Crippen LogP contribution in [0.4, 0.5) is 4.39 Å². The topological polar surface area (TPSA) is 43.8 Å². The second-order valence-electron chi connectivity index (χ2n) is 4.19. The highest BCUT2D eigenvalue weighted by Gasteiger charge is 2.14. The van der Waals surface area contributed by atoms with Gasteiger partial charge in [-0.05, 0) is 33.6 Å². The van der Waals surface area contributed by atoms with Crippen LogP contribution in [0, 0.1) is 5.82 Å². The first-order valence-electron chi connectivity index (χ1n) is 5.82. The van der Waals surface area contributed by atoms with Gasteiger partial charge in [-0.1, -0.05) is 24.3 Å². The zero-order valence-corrected chi connectivity index (χ0v) is 11.6. The van der Waals surface area contributed by atoms with Crippen molar-refractivity contribution in [3.63, 3.8) is 0 Å². The third-order valence-corrected chi connectivity index (χ3v) is 3.92. The van der Waals surface area contributed by atoms with Crippen molar-refractivity contribution in [3.8, 4) is 5.69 Å². The molecule has 0 saturated carbocycles. The van der Waals surface area contributed by atoms with E-state index in [2.05, 4.69) is 21.0 Å². The summed E-state index contributed by atoms with van der Waals surface area (Å²) in [5.74, 6) is -0.350. The molecule has 3 aromatic rings. The Hall–Kier alpha value is -1.72. The highest BCUT2D eigenvalue weighted by Crippen LogP contribution is 2.27. The first-order valence-corrected chi connectivity index (χ1v) is 6.61. The molecule has 0 saturated heterocycles. The maximum Gasteiger partial charge on any atom is 0.163 e. The Bertz CT molecular complexity index is 752. The van der Waals surface area contributed by atoms with Gasteiger partial charge in [0.25, 0.3) is 0 Å². The summed E-state index contributed by atoms with van der Waals surface area (Å²) in [7, 11) is 0. The molecular formula is C14H11BrFN3. The molecule has 0 aliphatic carbocycles. The molecule has 2 N–H and O–H groups in total. The van der Waals surface area contributed by atoms with Gasteiger partial charge in [0.05, 0.1) is 16.2 Å². The number of benzene rings is 2. The molecule has 2 aromatic carbocycles. The van der Waals surface area contributed by atoms with Gasteiger partial charge in [0.1, 0.15) is 5.69 Å². The standard InChI is InChI=1S/C14H11BrFN3/c15-13-9(7-17)5-6-12(14(13)16)19-11-4-2-1-3-10(11)8-18-19/h1-6,8H,7,17H2. The average Bonchev–Trinajstić information content (AvgIpc) is 2.86. The summed E-state index contributed by atoms with van der Waals surface area (Å²) in [6.45, 7) is 0.289. The van der Waals surface area contributed by atoms with Crippen molar-refractivity contribution in [2.45, 2.75) is 6.54 Å². The van der Waals surface area contributed by atoms with E-state index < -0.39 is 0 Å². The molecule has 0 atom stereocenters. The number of para-hydroxylation sites is 1. The Morgan fingerprint density at radius 3 is 2.79 bits per heavy atom. The van der Waals surface area contributed by atoms with Gasteiger partial charge in [0.2, 0.25) is 0 Å². The maximum absolute atomic E-state index is 14.4. The van der Waals surface area contributed by atoms with Crippen molar-refractivity contribution in [1.82, 2.24) is 9.78 Å². The molecule has 3 nitrogen and oxygen atoms in total. The SMILES string of the molecule is NCc1ccc(-n2ncc3ccccc32)c(F)c1Br. The summed E-state index contributed by atoms with van der Waals surface area (Å²) in [6, 6.07) is 11.2. The third kappa shape index (κ3) is 1.95. The molecule has 0 unspecified atom stereocenters. The summed E-state index contributed by atoms with van der Waals surface area (Å²) in [5.41, 5.74) is 7.57. The zero-order chi connectivity index (χ0) is 13.4. The average molecular weight is 320 g/mol. The highest BCUT2D eigenvalue weighted by molar-refractivity contribution is 9.10. The second kappa shape index (κ2) is 4.75. The molecule has 1 aromatic heterocycles. The van der Waals surface area contributed by atoms with Crippen LogP contribution in [0.15, 0.2) is 47.1 Å². The number of aromatic nitrogens is 2. The molecule has 0 fully saturated rings. The molecule has 0 amide bonds. The number of hydrogen-bond donors (Lipinski definition) is 1. The normalized spacial score (nSPS) is 11.1. The van der Waals surface area contributed by atoms with Crippen LogP contribution in [0.25, 0.3) is 16.6 Å². The Labute approximate surface area is 118 Å². The van der Waals surface area contributed by atoms with Crippen LogP contribution >= 0.6 is 15.9 Å². The predicted molar refractivity (Wildman–Crippen MR) is 76.6 cm³/mol. The van der Waals surface area contributed by atoms with E-state index in [9.17, 15) is 4.39 Å². The summed E-state index contributed by atoms with van der Waals surface area (Å²) >= 11 is 3.24. The van der Waals surface area contributed by atoms with E-state index in [0.29, 0.717) is 10.2 Å². The number of fused-ring (bicyclic) bond motifs is 1. The Morgan fingerprint density at radius 1 is 1.21 bits per heavy atom. The van der Waals surface area contributed by atoms with Crippen molar-refractivity contribution in [3.05, 3.63) is 58.4 Å². The zero-order valence-electron chi connectivity index (χ0n) is 9.98. The Balaban J connectivity index is 2.25. The summed E-state index contributed by atoms with van der Waals surface area (Å²) < 4.78 is 16.4. The van der Waals surface area contributed by atoms with Gasteiger partial charge in [-0.3, -0.25) is 0 Å². The maximum atomic E-state index is 14.4. The molecule has 0 radical (unpaired) electrons. The lowest BCUT2D eigenvalue weighted by Crippen LogP contribution is -2.04. The predicted octanol–water partition coefficient (Wildman–Crippen LogP) is 3.39. The molecule has 0 aliphatic heterocycles. The largest absolute Gasteiger partial charge is 0.326 e. The minimum absolute atomic E-state index is 0.289. The van der Waals surface area contributed by atoms with E-state index in [1.807, 2.05) is 24.3 Å². The van der Waals surface area contributed by atoms with Gasteiger partial charge < -0.3 is 5.73 Å². The lowest BCUT2D eigenvalue weighted by atomic mass is 10.2. The summed E-state index contributed by atoms with van der Waals surface area (Å²) in [6.07, 6.45) is 1.72. The smallest absolute Gasteiger partial charge is 0.163 e. The van der Waals surface area contributed by atoms with E-state index in [-0.39, 0.29) is 12.4 Å². The van der Waals surface area contributed by atoms with Gasteiger partial charge in [-0.2, -0.15) is 5.10 Å². The third-order valence-electron chi connectivity index (χ3n) is 3.07. The van der Waals surface area contributed by atoms with Crippen molar-refractivity contribution in [2.24, 2.45) is 5.73 Å². The minimum atomic E-state index is -0.350. The minimum Gasteiger partial charge on any atom is -0.326 e. The number of nitrogens with two attached hydrogens (primary N) is 1. The Kier molecular flexibility index (Phi) is 3.08. The molecule has 5 heteroatoms. The molecule has 3 rings (SSSR count). The Morgan fingerprint density at radius 2 is 2.00 bits per heavy atom. The van der Waals surface area contributed by atoms with Gasteiger partial charge in [0.15, 0.2) is 5.82 Å². The van der Waals surface area contributed by atoms with Crippen LogP contribution in [-0.4, -0.2) is 9.78 Å². The lowest BCUT2D eigenvalue weighted by molar-refractivity contribution is 0.604. The van der Waals surface area contributed by atoms with E-state index in [1.54, 1.807) is 23.0 Å². The van der Waals surface area contributed by atoms with E-state index in [1.165, 1.54) is 0 Å². The fourth-order valence-corrected chi connectivity index (χ4v) is 2.56. The van der Waals surface area contributed by atoms with Crippen molar-refractivity contribution < 1.29 is 4.39 Å². The van der Waals surface area contributed by atoms with Crippen LogP contribution in [-0.2, 0) is 6.54 Å². The first-order chi connectivity index (χ1) is 9.22. The molecule has 0 bridgehead atoms. The highest BCUT2D eigenvalue weighted by atomic mass is 79.9. The van der Waals surface area contributed by atoms with E-state index in [0.717, 1.165) is 16.5 Å². The number of hydrogen-bond acceptors (Lipinski definition) is 2. The van der Waals surface area contributed by atoms with Crippen molar-refractivity contribution in [2.75, 3.05) is 0 Å². The van der Waals surface area contributed by atoms with Gasteiger partial charge in [-0.15, -0.1) is 0 Å². The van der Waals surface area contributed by atoms with Crippen molar-refractivity contribution >= 4 is 26.8 Å². The fraction of sp³-hybridized carbons (Fsp3) is 0.0714. The monoisotopic (exact) mass is 319 g/mol. The van der Waals surface area contributed by atoms with Crippen LogP contribution in [0.2, 0.25) is 0 Å². The number of nitrogens with zero attached hydrogens (tertiary/aromatic N) is 2. The molecule has 0 spiro atoms. The number of rotatable bonds is 2. The van der Waals surface area contributed by atoms with E-state index >= 15 is 0 Å². The van der Waals surface area contributed by atoms with Gasteiger partial charge >= 0.3 is 0 Å². The summed E-state index contributed by atoms with van der Waals surface area (Å²) in [4.78, 5) is 0. The van der Waals surface area contributed by atoms with Crippen LogP contribution < -0.4 is 5.73 Å². The molecule has 96 valence electrons. The van der Waals surface area contributed by atoms with Gasteiger partial charge in [0, 0.05) is 11.9 Å². The molecule has 1 heterocycles. The summed E-state index contributed by atoms with van der Waals surface area (Å²) in [5, 5.41) is 5.22. The number of halogens is 2.